The lowest BCUT2D eigenvalue weighted by atomic mass is 9.93. The van der Waals surface area contributed by atoms with Gasteiger partial charge < -0.3 is 4.74 Å². The molecule has 0 atom stereocenters. The van der Waals surface area contributed by atoms with E-state index in [-0.39, 0.29) is 5.97 Å². The van der Waals surface area contributed by atoms with Crippen molar-refractivity contribution < 1.29 is 9.53 Å². The summed E-state index contributed by atoms with van der Waals surface area (Å²) < 4.78 is 4.85. The molecule has 0 bridgehead atoms. The van der Waals surface area contributed by atoms with Crippen LogP contribution >= 0.6 is 0 Å². The molecule has 0 aromatic rings. The molecular formula is C13H20O2. The molecule has 0 heterocycles. The number of ether oxygens (including phenoxy) is 1. The molecule has 15 heavy (non-hydrogen) atoms. The first-order chi connectivity index (χ1) is 7.15. The molecule has 2 heteroatoms. The van der Waals surface area contributed by atoms with E-state index < -0.39 is 0 Å². The van der Waals surface area contributed by atoms with Gasteiger partial charge in [0.1, 0.15) is 0 Å². The molecule has 0 N–H and O–H groups in total. The van der Waals surface area contributed by atoms with Crippen LogP contribution in [0.1, 0.15) is 26.7 Å². The van der Waals surface area contributed by atoms with E-state index in [2.05, 4.69) is 13.2 Å². The van der Waals surface area contributed by atoms with Gasteiger partial charge in [-0.05, 0) is 32.6 Å². The molecule has 0 aliphatic heterocycles. The number of carbonyl (C=O) groups is 1. The average molecular weight is 208 g/mol. The van der Waals surface area contributed by atoms with Crippen molar-refractivity contribution in [3.05, 3.63) is 37.0 Å². The van der Waals surface area contributed by atoms with Gasteiger partial charge in [-0.15, -0.1) is 13.2 Å². The van der Waals surface area contributed by atoms with Crippen molar-refractivity contribution in [1.82, 2.24) is 0 Å². The second-order valence-electron chi connectivity index (χ2n) is 3.39. The Bertz CT molecular complexity index is 241. The van der Waals surface area contributed by atoms with Crippen LogP contribution in [0.25, 0.3) is 0 Å². The van der Waals surface area contributed by atoms with Crippen LogP contribution < -0.4 is 0 Å². The number of rotatable bonds is 7. The fourth-order valence-corrected chi connectivity index (χ4v) is 1.36. The zero-order valence-corrected chi connectivity index (χ0v) is 9.66. The molecule has 0 saturated carbocycles. The number of carbonyl (C=O) groups excluding carboxylic acids is 1. The topological polar surface area (TPSA) is 26.3 Å². The Labute approximate surface area is 92.3 Å². The fraction of sp³-hybridized carbons (Fsp3) is 0.462. The van der Waals surface area contributed by atoms with Gasteiger partial charge in [0.2, 0.25) is 0 Å². The molecule has 0 aromatic heterocycles. The molecule has 0 fully saturated rings. The van der Waals surface area contributed by atoms with Crippen LogP contribution in [0.5, 0.6) is 0 Å². The normalized spacial score (nSPS) is 11.3. The third kappa shape index (κ3) is 5.89. The van der Waals surface area contributed by atoms with Gasteiger partial charge in [-0.1, -0.05) is 17.7 Å². The Balaban J connectivity index is 4.44. The maximum Gasteiger partial charge on any atom is 0.330 e. The Hall–Kier alpha value is -1.31. The minimum Gasteiger partial charge on any atom is -0.463 e. The highest BCUT2D eigenvalue weighted by molar-refractivity contribution is 5.82. The minimum absolute atomic E-state index is 0.270. The maximum absolute atomic E-state index is 11.2. The average Bonchev–Trinajstić information content (AvgIpc) is 2.17. The van der Waals surface area contributed by atoms with E-state index >= 15 is 0 Å². The molecule has 0 aliphatic rings. The summed E-state index contributed by atoms with van der Waals surface area (Å²) >= 11 is 0. The van der Waals surface area contributed by atoms with Crippen LogP contribution in [-0.2, 0) is 9.53 Å². The predicted molar refractivity (Wildman–Crippen MR) is 63.5 cm³/mol. The summed E-state index contributed by atoms with van der Waals surface area (Å²) in [5, 5.41) is 0. The van der Waals surface area contributed by atoms with Gasteiger partial charge in [0.05, 0.1) is 6.61 Å². The van der Waals surface area contributed by atoms with E-state index in [1.807, 2.05) is 19.1 Å². The molecule has 0 amide bonds. The van der Waals surface area contributed by atoms with Crippen molar-refractivity contribution in [2.45, 2.75) is 26.7 Å². The van der Waals surface area contributed by atoms with Gasteiger partial charge in [0, 0.05) is 6.08 Å². The van der Waals surface area contributed by atoms with Gasteiger partial charge in [-0.3, -0.25) is 0 Å². The first-order valence-electron chi connectivity index (χ1n) is 5.22. The number of esters is 1. The molecule has 0 aliphatic carbocycles. The van der Waals surface area contributed by atoms with E-state index in [4.69, 9.17) is 4.74 Å². The Morgan fingerprint density at radius 3 is 2.27 bits per heavy atom. The third-order valence-electron chi connectivity index (χ3n) is 2.18. The Morgan fingerprint density at radius 2 is 1.87 bits per heavy atom. The number of hydrogen-bond acceptors (Lipinski definition) is 2. The zero-order chi connectivity index (χ0) is 11.7. The second kappa shape index (κ2) is 8.04. The lowest BCUT2D eigenvalue weighted by Crippen LogP contribution is -2.05. The second-order valence-corrected chi connectivity index (χ2v) is 3.39. The van der Waals surface area contributed by atoms with Crippen molar-refractivity contribution in [2.75, 3.05) is 6.61 Å². The van der Waals surface area contributed by atoms with Crippen molar-refractivity contribution in [2.24, 2.45) is 5.92 Å². The first kappa shape index (κ1) is 13.7. The first-order valence-corrected chi connectivity index (χ1v) is 5.22. The fourth-order valence-electron chi connectivity index (χ4n) is 1.36. The van der Waals surface area contributed by atoms with Gasteiger partial charge in [0.15, 0.2) is 0 Å². The van der Waals surface area contributed by atoms with Crippen LogP contribution in [0, 0.1) is 5.92 Å². The molecular weight excluding hydrogens is 188 g/mol. The highest BCUT2D eigenvalue weighted by Gasteiger charge is 2.09. The highest BCUT2D eigenvalue weighted by Crippen LogP contribution is 2.19. The number of hydrogen-bond donors (Lipinski definition) is 0. The summed E-state index contributed by atoms with van der Waals surface area (Å²) in [5.74, 6) is 0.0394. The zero-order valence-electron chi connectivity index (χ0n) is 9.66. The van der Waals surface area contributed by atoms with Crippen LogP contribution in [0.4, 0.5) is 0 Å². The summed E-state index contributed by atoms with van der Waals surface area (Å²) in [6.45, 7) is 11.6. The van der Waals surface area contributed by atoms with Crippen molar-refractivity contribution in [3.63, 3.8) is 0 Å². The maximum atomic E-state index is 11.2. The number of allylic oxidation sites excluding steroid dienone is 3. The quantitative estimate of drug-likeness (QED) is 0.364. The lowest BCUT2D eigenvalue weighted by Gasteiger charge is -2.13. The van der Waals surface area contributed by atoms with Gasteiger partial charge in [0.25, 0.3) is 0 Å². The van der Waals surface area contributed by atoms with E-state index in [9.17, 15) is 4.79 Å². The molecule has 0 rings (SSSR count). The summed E-state index contributed by atoms with van der Waals surface area (Å²) in [4.78, 5) is 11.2. The van der Waals surface area contributed by atoms with Crippen LogP contribution in [-0.4, -0.2) is 12.6 Å². The molecule has 2 nitrogen and oxygen atoms in total. The summed E-state index contributed by atoms with van der Waals surface area (Å²) in [6, 6.07) is 0. The monoisotopic (exact) mass is 208 g/mol. The summed E-state index contributed by atoms with van der Waals surface area (Å²) in [5.41, 5.74) is 1.02. The standard InChI is InChI=1S/C13H20O2/c1-5-8-12(9-6-2)11(4)10-13(14)15-7-3/h5-6,10,12H,1-2,7-9H2,3-4H3/b11-10+. The van der Waals surface area contributed by atoms with Crippen molar-refractivity contribution >= 4 is 5.97 Å². The van der Waals surface area contributed by atoms with Crippen LogP contribution in [0.3, 0.4) is 0 Å². The van der Waals surface area contributed by atoms with Crippen molar-refractivity contribution in [1.29, 1.82) is 0 Å². The molecule has 0 aromatic carbocycles. The minimum atomic E-state index is -0.270. The van der Waals surface area contributed by atoms with Gasteiger partial charge >= 0.3 is 5.97 Å². The molecule has 0 saturated heterocycles. The smallest absolute Gasteiger partial charge is 0.330 e. The Kier molecular flexibility index (Phi) is 7.33. The van der Waals surface area contributed by atoms with Gasteiger partial charge in [-0.2, -0.15) is 0 Å². The highest BCUT2D eigenvalue weighted by atomic mass is 16.5. The van der Waals surface area contributed by atoms with E-state index in [0.717, 1.165) is 18.4 Å². The van der Waals surface area contributed by atoms with E-state index in [0.29, 0.717) is 12.5 Å². The molecule has 0 spiro atoms. The van der Waals surface area contributed by atoms with Crippen LogP contribution in [0.15, 0.2) is 37.0 Å². The van der Waals surface area contributed by atoms with Crippen molar-refractivity contribution in [3.8, 4) is 0 Å². The van der Waals surface area contributed by atoms with E-state index in [1.54, 1.807) is 13.0 Å². The predicted octanol–water partition coefficient (Wildman–Crippen LogP) is 3.26. The SMILES string of the molecule is C=CCC(CC=C)/C(C)=C/C(=O)OCC. The largest absolute Gasteiger partial charge is 0.463 e. The molecule has 0 unspecified atom stereocenters. The summed E-state index contributed by atoms with van der Waals surface area (Å²) in [7, 11) is 0. The summed E-state index contributed by atoms with van der Waals surface area (Å²) in [6.07, 6.45) is 6.98. The third-order valence-corrected chi connectivity index (χ3v) is 2.18. The van der Waals surface area contributed by atoms with E-state index in [1.165, 1.54) is 0 Å². The molecule has 0 radical (unpaired) electrons. The van der Waals surface area contributed by atoms with Gasteiger partial charge in [-0.25, -0.2) is 4.79 Å². The molecule has 84 valence electrons. The lowest BCUT2D eigenvalue weighted by molar-refractivity contribution is -0.137. The van der Waals surface area contributed by atoms with Crippen LogP contribution in [0.2, 0.25) is 0 Å². The Morgan fingerprint density at radius 1 is 1.33 bits per heavy atom.